The van der Waals surface area contributed by atoms with Crippen molar-refractivity contribution in [3.8, 4) is 5.75 Å². The monoisotopic (exact) mass is 273 g/mol. The van der Waals surface area contributed by atoms with Gasteiger partial charge in [-0.3, -0.25) is 5.43 Å². The lowest BCUT2D eigenvalue weighted by Crippen LogP contribution is -2.23. The highest BCUT2D eigenvalue weighted by atomic mass is 79.9. The van der Waals surface area contributed by atoms with Crippen molar-refractivity contribution >= 4 is 39.5 Å². The summed E-state index contributed by atoms with van der Waals surface area (Å²) in [4.78, 5) is 0. The maximum absolute atomic E-state index is 9.21. The number of hydrogen-bond donors (Lipinski definition) is 3. The number of thiocarbonyl (C=S) groups is 1. The fourth-order valence-electron chi connectivity index (χ4n) is 0.774. The minimum atomic E-state index is 0.110. The first-order valence-corrected chi connectivity index (χ1v) is 4.87. The van der Waals surface area contributed by atoms with E-state index < -0.39 is 0 Å². The summed E-state index contributed by atoms with van der Waals surface area (Å²) in [6, 6.07) is 5.00. The second-order valence-corrected chi connectivity index (χ2v) is 3.74. The first kappa shape index (κ1) is 10.9. The van der Waals surface area contributed by atoms with E-state index in [1.807, 2.05) is 0 Å². The normalized spacial score (nSPS) is 10.4. The number of rotatable bonds is 2. The van der Waals surface area contributed by atoms with Gasteiger partial charge in [0, 0.05) is 0 Å². The number of hydrogen-bond acceptors (Lipinski definition) is 3. The molecular weight excluding hydrogens is 266 g/mol. The molecule has 0 aliphatic carbocycles. The molecule has 1 aromatic carbocycles. The first-order chi connectivity index (χ1) is 6.59. The number of phenolic OH excluding ortho intramolecular Hbond substituents is 1. The number of halogens is 1. The summed E-state index contributed by atoms with van der Waals surface area (Å²) in [6.07, 6.45) is 1.54. The van der Waals surface area contributed by atoms with E-state index in [4.69, 9.17) is 5.73 Å². The molecule has 74 valence electrons. The Morgan fingerprint density at radius 1 is 1.64 bits per heavy atom. The number of aromatic hydroxyl groups is 1. The summed E-state index contributed by atoms with van der Waals surface area (Å²) >= 11 is 7.75. The van der Waals surface area contributed by atoms with Crippen LogP contribution >= 0.6 is 28.1 Å². The van der Waals surface area contributed by atoms with E-state index in [9.17, 15) is 5.11 Å². The number of nitrogens with zero attached hydrogens (tertiary/aromatic N) is 1. The highest BCUT2D eigenvalue weighted by molar-refractivity contribution is 9.10. The van der Waals surface area contributed by atoms with Gasteiger partial charge in [-0.25, -0.2) is 0 Å². The van der Waals surface area contributed by atoms with E-state index in [-0.39, 0.29) is 10.9 Å². The third-order valence-corrected chi connectivity index (χ3v) is 2.09. The molecule has 0 spiro atoms. The van der Waals surface area contributed by atoms with Crippen LogP contribution in [0.5, 0.6) is 5.75 Å². The van der Waals surface area contributed by atoms with Crippen LogP contribution in [0.4, 0.5) is 0 Å². The molecule has 4 nitrogen and oxygen atoms in total. The lowest BCUT2D eigenvalue weighted by Gasteiger charge is -1.98. The fourth-order valence-corrected chi connectivity index (χ4v) is 1.22. The third-order valence-electron chi connectivity index (χ3n) is 1.36. The van der Waals surface area contributed by atoms with Crippen molar-refractivity contribution in [3.63, 3.8) is 0 Å². The molecular formula is C8H8BrN3OS. The van der Waals surface area contributed by atoms with Crippen LogP contribution in [-0.4, -0.2) is 16.4 Å². The van der Waals surface area contributed by atoms with Crippen molar-refractivity contribution in [3.05, 3.63) is 28.2 Å². The summed E-state index contributed by atoms with van der Waals surface area (Å²) in [7, 11) is 0. The van der Waals surface area contributed by atoms with Crippen LogP contribution < -0.4 is 11.2 Å². The Labute approximate surface area is 94.9 Å². The van der Waals surface area contributed by atoms with Gasteiger partial charge in [-0.2, -0.15) is 5.10 Å². The standard InChI is InChI=1S/C8H8BrN3OS/c9-6-3-5(1-2-7(6)13)4-11-12-8(10)14/h1-4,13H,(H3,10,12,14)/b11-4+. The summed E-state index contributed by atoms with van der Waals surface area (Å²) in [5.41, 5.74) is 8.41. The second kappa shape index (κ2) is 4.92. The molecule has 0 atom stereocenters. The van der Waals surface area contributed by atoms with E-state index in [1.54, 1.807) is 24.4 Å². The van der Waals surface area contributed by atoms with Gasteiger partial charge in [0.15, 0.2) is 5.11 Å². The lowest BCUT2D eigenvalue weighted by molar-refractivity contribution is 0.472. The first-order valence-electron chi connectivity index (χ1n) is 3.66. The highest BCUT2D eigenvalue weighted by Gasteiger charge is 1.96. The van der Waals surface area contributed by atoms with E-state index in [1.165, 1.54) is 0 Å². The Bertz CT molecular complexity index is 381. The minimum absolute atomic E-state index is 0.110. The number of phenols is 1. The SMILES string of the molecule is NC(=S)N/N=C/c1ccc(O)c(Br)c1. The maximum Gasteiger partial charge on any atom is 0.184 e. The molecule has 0 saturated heterocycles. The fraction of sp³-hybridized carbons (Fsp3) is 0. The van der Waals surface area contributed by atoms with Crippen LogP contribution in [0.3, 0.4) is 0 Å². The van der Waals surface area contributed by atoms with Gasteiger partial charge < -0.3 is 10.8 Å². The summed E-state index contributed by atoms with van der Waals surface area (Å²) in [5.74, 6) is 0.185. The van der Waals surface area contributed by atoms with Crippen molar-refractivity contribution < 1.29 is 5.11 Å². The predicted octanol–water partition coefficient (Wildman–Crippen LogP) is 1.32. The van der Waals surface area contributed by atoms with Gasteiger partial charge in [0.05, 0.1) is 10.7 Å². The Morgan fingerprint density at radius 3 is 2.93 bits per heavy atom. The van der Waals surface area contributed by atoms with Crippen LogP contribution in [0.15, 0.2) is 27.8 Å². The highest BCUT2D eigenvalue weighted by Crippen LogP contribution is 2.23. The van der Waals surface area contributed by atoms with Gasteiger partial charge in [0.1, 0.15) is 5.75 Å². The van der Waals surface area contributed by atoms with Crippen molar-refractivity contribution in [2.24, 2.45) is 10.8 Å². The average molecular weight is 274 g/mol. The Balaban J connectivity index is 2.73. The molecule has 1 rings (SSSR count). The third kappa shape index (κ3) is 3.31. The molecule has 0 amide bonds. The summed E-state index contributed by atoms with van der Waals surface area (Å²) < 4.78 is 0.608. The van der Waals surface area contributed by atoms with Gasteiger partial charge in [-0.1, -0.05) is 0 Å². The largest absolute Gasteiger partial charge is 0.507 e. The zero-order chi connectivity index (χ0) is 10.6. The van der Waals surface area contributed by atoms with Crippen LogP contribution in [-0.2, 0) is 0 Å². The Kier molecular flexibility index (Phi) is 3.84. The van der Waals surface area contributed by atoms with Gasteiger partial charge in [-0.15, -0.1) is 0 Å². The van der Waals surface area contributed by atoms with Crippen molar-refractivity contribution in [1.29, 1.82) is 0 Å². The zero-order valence-electron chi connectivity index (χ0n) is 7.07. The number of nitrogens with two attached hydrogens (primary N) is 1. The van der Waals surface area contributed by atoms with Crippen LogP contribution in [0.25, 0.3) is 0 Å². The second-order valence-electron chi connectivity index (χ2n) is 2.45. The molecule has 0 aliphatic heterocycles. The molecule has 4 N–H and O–H groups in total. The Morgan fingerprint density at radius 2 is 2.36 bits per heavy atom. The van der Waals surface area contributed by atoms with Crippen LogP contribution in [0, 0.1) is 0 Å². The van der Waals surface area contributed by atoms with Gasteiger partial charge in [-0.05, 0) is 51.9 Å². The van der Waals surface area contributed by atoms with Crippen LogP contribution in [0.1, 0.15) is 5.56 Å². The molecule has 6 heteroatoms. The molecule has 14 heavy (non-hydrogen) atoms. The van der Waals surface area contributed by atoms with E-state index in [0.717, 1.165) is 5.56 Å². The Hall–Kier alpha value is -1.14. The maximum atomic E-state index is 9.21. The number of hydrazone groups is 1. The summed E-state index contributed by atoms with van der Waals surface area (Å²) in [5, 5.41) is 13.1. The molecule has 0 saturated carbocycles. The molecule has 0 fully saturated rings. The molecule has 0 aromatic heterocycles. The van der Waals surface area contributed by atoms with Crippen LogP contribution in [0.2, 0.25) is 0 Å². The van der Waals surface area contributed by atoms with E-state index in [0.29, 0.717) is 4.47 Å². The van der Waals surface area contributed by atoms with Crippen molar-refractivity contribution in [1.82, 2.24) is 5.43 Å². The lowest BCUT2D eigenvalue weighted by atomic mass is 10.2. The molecule has 0 radical (unpaired) electrons. The quantitative estimate of drug-likeness (QED) is 0.432. The smallest absolute Gasteiger partial charge is 0.184 e. The van der Waals surface area contributed by atoms with Gasteiger partial charge >= 0.3 is 0 Å². The molecule has 0 heterocycles. The van der Waals surface area contributed by atoms with E-state index >= 15 is 0 Å². The summed E-state index contributed by atoms with van der Waals surface area (Å²) in [6.45, 7) is 0. The molecule has 1 aromatic rings. The predicted molar refractivity (Wildman–Crippen MR) is 63.3 cm³/mol. The molecule has 0 bridgehead atoms. The molecule has 0 unspecified atom stereocenters. The molecule has 0 aliphatic rings. The number of nitrogens with one attached hydrogen (secondary N) is 1. The average Bonchev–Trinajstić information content (AvgIpc) is 2.10. The minimum Gasteiger partial charge on any atom is -0.507 e. The topological polar surface area (TPSA) is 70.6 Å². The van der Waals surface area contributed by atoms with Crippen molar-refractivity contribution in [2.45, 2.75) is 0 Å². The van der Waals surface area contributed by atoms with Gasteiger partial charge in [0.25, 0.3) is 0 Å². The van der Waals surface area contributed by atoms with Crippen molar-refractivity contribution in [2.75, 3.05) is 0 Å². The zero-order valence-corrected chi connectivity index (χ0v) is 9.47. The number of benzene rings is 1. The van der Waals surface area contributed by atoms with E-state index in [2.05, 4.69) is 38.7 Å². The van der Waals surface area contributed by atoms with Gasteiger partial charge in [0.2, 0.25) is 0 Å².